The van der Waals surface area contributed by atoms with E-state index in [1.165, 1.54) is 0 Å². The summed E-state index contributed by atoms with van der Waals surface area (Å²) in [6.07, 6.45) is 3.29. The number of rotatable bonds is 5. The van der Waals surface area contributed by atoms with Crippen molar-refractivity contribution in [2.45, 2.75) is 45.3 Å². The fourth-order valence-corrected chi connectivity index (χ4v) is 3.28. The van der Waals surface area contributed by atoms with E-state index in [-0.39, 0.29) is 12.1 Å². The minimum atomic E-state index is -0.473. The monoisotopic (exact) mass is 404 g/mol. The zero-order valence-corrected chi connectivity index (χ0v) is 17.9. The van der Waals surface area contributed by atoms with Gasteiger partial charge in [0.1, 0.15) is 5.60 Å². The summed E-state index contributed by atoms with van der Waals surface area (Å²) in [5.41, 5.74) is 2.44. The zero-order valence-electron chi connectivity index (χ0n) is 17.9. The Morgan fingerprint density at radius 3 is 2.76 bits per heavy atom. The van der Waals surface area contributed by atoms with Crippen LogP contribution in [-0.4, -0.2) is 71.6 Å². The number of hydrogen-bond acceptors (Lipinski definition) is 7. The van der Waals surface area contributed by atoms with Crippen molar-refractivity contribution in [3.63, 3.8) is 0 Å². The van der Waals surface area contributed by atoms with Crippen molar-refractivity contribution < 1.29 is 19.4 Å². The van der Waals surface area contributed by atoms with Gasteiger partial charge in [0.25, 0.3) is 0 Å². The maximum Gasteiger partial charge on any atom is 0.407 e. The molecule has 0 saturated carbocycles. The molecule has 1 saturated heterocycles. The van der Waals surface area contributed by atoms with Gasteiger partial charge in [0, 0.05) is 45.0 Å². The largest absolute Gasteiger partial charge is 0.481 e. The number of carbonyl (C=O) groups is 1. The topological polar surface area (TPSA) is 96.8 Å². The number of amides is 1. The molecular formula is C21H32N4O4. The van der Waals surface area contributed by atoms with E-state index >= 15 is 0 Å². The molecule has 2 N–H and O–H groups in total. The van der Waals surface area contributed by atoms with Crippen molar-refractivity contribution in [1.29, 1.82) is 0 Å². The molecule has 1 fully saturated rings. The number of ether oxygens (including phenoxy) is 2. The first-order valence-corrected chi connectivity index (χ1v) is 9.79. The highest BCUT2D eigenvalue weighted by atomic mass is 16.6. The number of pyridine rings is 2. The van der Waals surface area contributed by atoms with E-state index in [4.69, 9.17) is 14.6 Å². The molecule has 160 valence electrons. The summed E-state index contributed by atoms with van der Waals surface area (Å²) in [6.45, 7) is 8.31. The molecule has 8 heteroatoms. The summed E-state index contributed by atoms with van der Waals surface area (Å²) in [6, 6.07) is 5.90. The Morgan fingerprint density at radius 2 is 2.07 bits per heavy atom. The average Bonchev–Trinajstić information content (AvgIpc) is 3.13. The fourth-order valence-electron chi connectivity index (χ4n) is 3.28. The van der Waals surface area contributed by atoms with Crippen LogP contribution in [0.2, 0.25) is 0 Å². The molecule has 29 heavy (non-hydrogen) atoms. The zero-order chi connectivity index (χ0) is 21.4. The van der Waals surface area contributed by atoms with Crippen molar-refractivity contribution in [3.05, 3.63) is 30.0 Å². The standard InChI is InChI=1S/C20H28N4O3.CH4O/c1-20(2,3)27-19(25)22-15-9-12-24(13-15)11-8-14-7-10-21-16-5-6-17(26-4)23-18(14)16;1-2/h5-7,10,15H,8-9,11-13H2,1-4H3,(H,22,25);2H,1H3. The van der Waals surface area contributed by atoms with Crippen LogP contribution in [0, 0.1) is 0 Å². The van der Waals surface area contributed by atoms with Gasteiger partial charge in [-0.05, 0) is 51.3 Å². The van der Waals surface area contributed by atoms with Gasteiger partial charge in [0.2, 0.25) is 5.88 Å². The molecule has 0 bridgehead atoms. The number of alkyl carbamates (subject to hydrolysis) is 1. The van der Waals surface area contributed by atoms with Gasteiger partial charge in [-0.1, -0.05) is 0 Å². The number of aliphatic hydroxyl groups is 1. The molecule has 1 aliphatic rings. The van der Waals surface area contributed by atoms with Crippen molar-refractivity contribution in [2.24, 2.45) is 0 Å². The van der Waals surface area contributed by atoms with Crippen LogP contribution in [0.4, 0.5) is 4.79 Å². The fraction of sp³-hybridized carbons (Fsp3) is 0.571. The van der Waals surface area contributed by atoms with Crippen LogP contribution >= 0.6 is 0 Å². The molecule has 3 rings (SSSR count). The quantitative estimate of drug-likeness (QED) is 0.790. The molecule has 2 aromatic heterocycles. The van der Waals surface area contributed by atoms with Crippen LogP contribution in [0.25, 0.3) is 11.0 Å². The first-order valence-electron chi connectivity index (χ1n) is 9.79. The van der Waals surface area contributed by atoms with Crippen molar-refractivity contribution in [1.82, 2.24) is 20.2 Å². The Labute approximate surface area is 172 Å². The maximum absolute atomic E-state index is 11.9. The number of fused-ring (bicyclic) bond motifs is 1. The van der Waals surface area contributed by atoms with E-state index in [0.29, 0.717) is 5.88 Å². The number of aromatic nitrogens is 2. The molecule has 8 nitrogen and oxygen atoms in total. The Bertz CT molecular complexity index is 807. The van der Waals surface area contributed by atoms with Crippen LogP contribution < -0.4 is 10.1 Å². The van der Waals surface area contributed by atoms with E-state index in [1.54, 1.807) is 7.11 Å². The lowest BCUT2D eigenvalue weighted by Gasteiger charge is -2.22. The van der Waals surface area contributed by atoms with Crippen LogP contribution in [0.3, 0.4) is 0 Å². The first kappa shape index (κ1) is 22.8. The van der Waals surface area contributed by atoms with Crippen LogP contribution in [0.5, 0.6) is 5.88 Å². The van der Waals surface area contributed by atoms with Crippen molar-refractivity contribution in [3.8, 4) is 5.88 Å². The van der Waals surface area contributed by atoms with E-state index in [0.717, 1.165) is 56.2 Å². The molecule has 0 spiro atoms. The van der Waals surface area contributed by atoms with Gasteiger partial charge in [0.15, 0.2) is 0 Å². The third-order valence-electron chi connectivity index (χ3n) is 4.54. The molecule has 3 heterocycles. The van der Waals surface area contributed by atoms with Gasteiger partial charge in [-0.2, -0.15) is 0 Å². The normalized spacial score (nSPS) is 16.8. The second-order valence-corrected chi connectivity index (χ2v) is 7.87. The highest BCUT2D eigenvalue weighted by molar-refractivity contribution is 5.78. The summed E-state index contributed by atoms with van der Waals surface area (Å²) in [7, 11) is 2.62. The smallest absolute Gasteiger partial charge is 0.407 e. The highest BCUT2D eigenvalue weighted by Gasteiger charge is 2.26. The third-order valence-corrected chi connectivity index (χ3v) is 4.54. The predicted octanol–water partition coefficient (Wildman–Crippen LogP) is 2.39. The lowest BCUT2D eigenvalue weighted by molar-refractivity contribution is 0.0506. The number of carbonyl (C=O) groups excluding carboxylic acids is 1. The molecule has 0 aliphatic carbocycles. The number of methoxy groups -OCH3 is 1. The second-order valence-electron chi connectivity index (χ2n) is 7.87. The molecule has 1 atom stereocenters. The minimum Gasteiger partial charge on any atom is -0.481 e. The maximum atomic E-state index is 11.9. The SMILES string of the molecule is CO.COc1ccc2nccc(CCN3CCC(NC(=O)OC(C)(C)C)C3)c2n1. The van der Waals surface area contributed by atoms with Crippen molar-refractivity contribution in [2.75, 3.05) is 33.9 Å². The van der Waals surface area contributed by atoms with Crippen molar-refractivity contribution >= 4 is 17.1 Å². The summed E-state index contributed by atoms with van der Waals surface area (Å²) in [4.78, 5) is 23.2. The van der Waals surface area contributed by atoms with Gasteiger partial charge < -0.3 is 24.8 Å². The second kappa shape index (κ2) is 10.4. The molecule has 1 unspecified atom stereocenters. The Kier molecular flexibility index (Phi) is 8.16. The van der Waals surface area contributed by atoms with Crippen LogP contribution in [-0.2, 0) is 11.2 Å². The Hall–Kier alpha value is -2.45. The molecule has 1 aliphatic heterocycles. The number of nitrogens with zero attached hydrogens (tertiary/aromatic N) is 3. The number of aliphatic hydroxyl groups excluding tert-OH is 1. The Morgan fingerprint density at radius 1 is 1.31 bits per heavy atom. The summed E-state index contributed by atoms with van der Waals surface area (Å²) < 4.78 is 10.6. The number of hydrogen-bond donors (Lipinski definition) is 2. The molecule has 1 amide bonds. The van der Waals surface area contributed by atoms with Crippen LogP contribution in [0.15, 0.2) is 24.4 Å². The van der Waals surface area contributed by atoms with E-state index in [2.05, 4.69) is 20.2 Å². The lowest BCUT2D eigenvalue weighted by Crippen LogP contribution is -2.40. The average molecular weight is 405 g/mol. The van der Waals surface area contributed by atoms with E-state index in [9.17, 15) is 4.79 Å². The molecule has 0 aromatic carbocycles. The van der Waals surface area contributed by atoms with Gasteiger partial charge in [0.05, 0.1) is 18.1 Å². The molecule has 2 aromatic rings. The molecule has 0 radical (unpaired) electrons. The van der Waals surface area contributed by atoms with E-state index < -0.39 is 5.60 Å². The minimum absolute atomic E-state index is 0.132. The van der Waals surface area contributed by atoms with E-state index in [1.807, 2.05) is 45.2 Å². The van der Waals surface area contributed by atoms with Gasteiger partial charge in [-0.3, -0.25) is 4.98 Å². The first-order chi connectivity index (χ1) is 13.8. The van der Waals surface area contributed by atoms with Gasteiger partial charge >= 0.3 is 6.09 Å². The van der Waals surface area contributed by atoms with Gasteiger partial charge in [-0.25, -0.2) is 9.78 Å². The molecular weight excluding hydrogens is 372 g/mol. The Balaban J connectivity index is 0.00000145. The van der Waals surface area contributed by atoms with Crippen LogP contribution in [0.1, 0.15) is 32.8 Å². The number of likely N-dealkylation sites (tertiary alicyclic amines) is 1. The summed E-state index contributed by atoms with van der Waals surface area (Å²) >= 11 is 0. The summed E-state index contributed by atoms with van der Waals surface area (Å²) in [5, 5.41) is 9.97. The lowest BCUT2D eigenvalue weighted by atomic mass is 10.1. The third kappa shape index (κ3) is 6.83. The van der Waals surface area contributed by atoms with Gasteiger partial charge in [-0.15, -0.1) is 0 Å². The highest BCUT2D eigenvalue weighted by Crippen LogP contribution is 2.20. The summed E-state index contributed by atoms with van der Waals surface area (Å²) in [5.74, 6) is 0.597. The number of nitrogens with one attached hydrogen (secondary N) is 1. The predicted molar refractivity (Wildman–Crippen MR) is 112 cm³/mol.